The largest absolute Gasteiger partial charge is 0.424 e. The first kappa shape index (κ1) is 17.0. The number of benzene rings is 1. The molecule has 4 nitrogen and oxygen atoms in total. The van der Waals surface area contributed by atoms with Gasteiger partial charge >= 0.3 is 6.18 Å². The molecule has 24 heavy (non-hydrogen) atoms. The molecule has 7 heteroatoms. The minimum atomic E-state index is -4.33. The molecule has 0 amide bonds. The Morgan fingerprint density at radius 1 is 1.25 bits per heavy atom. The first-order valence-electron chi connectivity index (χ1n) is 8.12. The van der Waals surface area contributed by atoms with E-state index >= 15 is 0 Å². The zero-order valence-corrected chi connectivity index (χ0v) is 13.7. The molecule has 3 rings (SSSR count). The number of rotatable bonds is 6. The number of halogens is 3. The maximum absolute atomic E-state index is 12.9. The minimum Gasteiger partial charge on any atom is -0.424 e. The molecule has 0 spiro atoms. The Hall–Kier alpha value is -1.89. The van der Waals surface area contributed by atoms with E-state index < -0.39 is 11.7 Å². The molecule has 1 atom stereocenters. The van der Waals surface area contributed by atoms with Crippen molar-refractivity contribution in [2.24, 2.45) is 0 Å². The van der Waals surface area contributed by atoms with E-state index in [0.717, 1.165) is 18.9 Å². The highest BCUT2D eigenvalue weighted by atomic mass is 19.4. The predicted octanol–water partition coefficient (Wildman–Crippen LogP) is 4.38. The summed E-state index contributed by atoms with van der Waals surface area (Å²) >= 11 is 0. The Morgan fingerprint density at radius 3 is 2.54 bits per heavy atom. The summed E-state index contributed by atoms with van der Waals surface area (Å²) in [7, 11) is 0. The van der Waals surface area contributed by atoms with E-state index in [2.05, 4.69) is 15.1 Å². The molecule has 1 aliphatic carbocycles. The van der Waals surface area contributed by atoms with Crippen LogP contribution in [0.1, 0.15) is 55.6 Å². The zero-order valence-electron chi connectivity index (χ0n) is 13.7. The van der Waals surface area contributed by atoms with Gasteiger partial charge in [-0.25, -0.2) is 0 Å². The van der Waals surface area contributed by atoms with Crippen molar-refractivity contribution in [3.63, 3.8) is 0 Å². The lowest BCUT2D eigenvalue weighted by atomic mass is 10.0. The highest BCUT2D eigenvalue weighted by Gasteiger charge is 2.35. The Morgan fingerprint density at radius 2 is 1.96 bits per heavy atom. The topological polar surface area (TPSA) is 42.2 Å². The smallest absolute Gasteiger partial charge is 0.416 e. The second kappa shape index (κ2) is 6.55. The van der Waals surface area contributed by atoms with E-state index in [-0.39, 0.29) is 6.04 Å². The first-order chi connectivity index (χ1) is 11.4. The lowest BCUT2D eigenvalue weighted by Crippen LogP contribution is -2.29. The summed E-state index contributed by atoms with van der Waals surface area (Å²) in [4.78, 5) is 2.14. The van der Waals surface area contributed by atoms with Crippen LogP contribution in [0.5, 0.6) is 0 Å². The molecule has 0 radical (unpaired) electrons. The predicted molar refractivity (Wildman–Crippen MR) is 82.1 cm³/mol. The third kappa shape index (κ3) is 3.77. The van der Waals surface area contributed by atoms with Crippen LogP contribution in [0.4, 0.5) is 13.2 Å². The quantitative estimate of drug-likeness (QED) is 0.783. The lowest BCUT2D eigenvalue weighted by Gasteiger charge is -2.28. The summed E-state index contributed by atoms with van der Waals surface area (Å²) < 4.78 is 44.4. The van der Waals surface area contributed by atoms with E-state index in [1.54, 1.807) is 6.07 Å². The molecule has 1 fully saturated rings. The fourth-order valence-electron chi connectivity index (χ4n) is 2.81. The molecule has 1 aromatic heterocycles. The van der Waals surface area contributed by atoms with Gasteiger partial charge in [-0.05, 0) is 37.5 Å². The van der Waals surface area contributed by atoms with Gasteiger partial charge in [-0.15, -0.1) is 10.2 Å². The molecular formula is C17H20F3N3O. The van der Waals surface area contributed by atoms with Crippen LogP contribution in [-0.4, -0.2) is 21.1 Å². The number of nitrogens with zero attached hydrogens (tertiary/aromatic N) is 3. The van der Waals surface area contributed by atoms with Gasteiger partial charge in [-0.2, -0.15) is 13.2 Å². The SMILES string of the molecule is CCc1nnc(CN(C2CC2)[C@H](C)c2cccc(C(F)(F)F)c2)o1. The van der Waals surface area contributed by atoms with Crippen LogP contribution in [0.25, 0.3) is 0 Å². The average molecular weight is 339 g/mol. The zero-order chi connectivity index (χ0) is 17.3. The van der Waals surface area contributed by atoms with Gasteiger partial charge in [0, 0.05) is 18.5 Å². The van der Waals surface area contributed by atoms with Gasteiger partial charge in [0.2, 0.25) is 11.8 Å². The third-order valence-corrected chi connectivity index (χ3v) is 4.34. The number of hydrogen-bond donors (Lipinski definition) is 0. The van der Waals surface area contributed by atoms with E-state index in [9.17, 15) is 13.2 Å². The van der Waals surface area contributed by atoms with Gasteiger partial charge < -0.3 is 4.42 Å². The average Bonchev–Trinajstić information content (AvgIpc) is 3.30. The lowest BCUT2D eigenvalue weighted by molar-refractivity contribution is -0.137. The van der Waals surface area contributed by atoms with Crippen molar-refractivity contribution >= 4 is 0 Å². The Kier molecular flexibility index (Phi) is 4.62. The van der Waals surface area contributed by atoms with Crippen molar-refractivity contribution in [3.05, 3.63) is 47.2 Å². The van der Waals surface area contributed by atoms with Gasteiger partial charge in [0.15, 0.2) is 0 Å². The molecule has 1 aliphatic rings. The third-order valence-electron chi connectivity index (χ3n) is 4.34. The second-order valence-electron chi connectivity index (χ2n) is 6.15. The summed E-state index contributed by atoms with van der Waals surface area (Å²) in [5.41, 5.74) is 0.0283. The Labute approximate surface area is 138 Å². The molecule has 0 N–H and O–H groups in total. The normalized spacial score (nSPS) is 16.6. The summed E-state index contributed by atoms with van der Waals surface area (Å²) in [5, 5.41) is 7.99. The Balaban J connectivity index is 1.81. The standard InChI is InChI=1S/C17H20F3N3O/c1-3-15-21-22-16(24-15)10-23(14-7-8-14)11(2)12-5-4-6-13(9-12)17(18,19)20/h4-6,9,11,14H,3,7-8,10H2,1-2H3/t11-/m1/s1. The summed E-state index contributed by atoms with van der Waals surface area (Å²) in [6, 6.07) is 5.72. The maximum atomic E-state index is 12.9. The van der Waals surface area contributed by atoms with Crippen molar-refractivity contribution in [2.75, 3.05) is 0 Å². The number of alkyl halides is 3. The van der Waals surface area contributed by atoms with E-state index in [4.69, 9.17) is 4.42 Å². The maximum Gasteiger partial charge on any atom is 0.416 e. The molecule has 1 aromatic carbocycles. The highest BCUT2D eigenvalue weighted by Crippen LogP contribution is 2.37. The van der Waals surface area contributed by atoms with Gasteiger partial charge in [-0.1, -0.05) is 19.1 Å². The fourth-order valence-corrected chi connectivity index (χ4v) is 2.81. The monoisotopic (exact) mass is 339 g/mol. The van der Waals surface area contributed by atoms with Gasteiger partial charge in [-0.3, -0.25) is 4.90 Å². The van der Waals surface area contributed by atoms with Crippen LogP contribution in [0, 0.1) is 0 Å². The Bertz CT molecular complexity index is 694. The molecule has 0 saturated heterocycles. The van der Waals surface area contributed by atoms with Gasteiger partial charge in [0.05, 0.1) is 12.1 Å². The van der Waals surface area contributed by atoms with Crippen molar-refractivity contribution in [3.8, 4) is 0 Å². The molecule has 130 valence electrons. The minimum absolute atomic E-state index is 0.156. The summed E-state index contributed by atoms with van der Waals surface area (Å²) in [5.74, 6) is 1.09. The van der Waals surface area contributed by atoms with Crippen LogP contribution < -0.4 is 0 Å². The van der Waals surface area contributed by atoms with Crippen molar-refractivity contribution in [2.45, 2.75) is 57.9 Å². The molecule has 1 saturated carbocycles. The molecule has 0 bridgehead atoms. The van der Waals surface area contributed by atoms with Crippen LogP contribution in [0.3, 0.4) is 0 Å². The summed E-state index contributed by atoms with van der Waals surface area (Å²) in [6.07, 6.45) is -1.58. The van der Waals surface area contributed by atoms with E-state index in [1.165, 1.54) is 12.1 Å². The molecule has 1 heterocycles. The van der Waals surface area contributed by atoms with Crippen molar-refractivity contribution in [1.82, 2.24) is 15.1 Å². The van der Waals surface area contributed by atoms with Crippen LogP contribution in [0.2, 0.25) is 0 Å². The van der Waals surface area contributed by atoms with Crippen molar-refractivity contribution in [1.29, 1.82) is 0 Å². The highest BCUT2D eigenvalue weighted by molar-refractivity contribution is 5.28. The number of aromatic nitrogens is 2. The second-order valence-corrected chi connectivity index (χ2v) is 6.15. The van der Waals surface area contributed by atoms with Crippen molar-refractivity contribution < 1.29 is 17.6 Å². The van der Waals surface area contributed by atoms with Crippen LogP contribution >= 0.6 is 0 Å². The van der Waals surface area contributed by atoms with Crippen LogP contribution in [-0.2, 0) is 19.1 Å². The number of aryl methyl sites for hydroxylation is 1. The molecule has 0 aliphatic heterocycles. The molecular weight excluding hydrogens is 319 g/mol. The fraction of sp³-hybridized carbons (Fsp3) is 0.529. The summed E-state index contributed by atoms with van der Waals surface area (Å²) in [6.45, 7) is 4.31. The van der Waals surface area contributed by atoms with Gasteiger partial charge in [0.25, 0.3) is 0 Å². The van der Waals surface area contributed by atoms with E-state index in [1.807, 2.05) is 13.8 Å². The van der Waals surface area contributed by atoms with Crippen LogP contribution in [0.15, 0.2) is 28.7 Å². The molecule has 0 unspecified atom stereocenters. The molecule has 2 aromatic rings. The van der Waals surface area contributed by atoms with E-state index in [0.29, 0.717) is 36.4 Å². The first-order valence-corrected chi connectivity index (χ1v) is 8.12. The number of hydrogen-bond acceptors (Lipinski definition) is 4. The van der Waals surface area contributed by atoms with Gasteiger partial charge in [0.1, 0.15) is 0 Å².